The maximum Gasteiger partial charge on any atom is 0.404 e. The van der Waals surface area contributed by atoms with Gasteiger partial charge < -0.3 is 21.1 Å². The lowest BCUT2D eigenvalue weighted by Gasteiger charge is -2.18. The average molecular weight is 514 g/mol. The van der Waals surface area contributed by atoms with Crippen molar-refractivity contribution >= 4 is 29.1 Å². The molecule has 1 fully saturated rings. The zero-order chi connectivity index (χ0) is 25.9. The molecule has 0 unspecified atom stereocenters. The molecule has 4 N–H and O–H groups in total. The number of amides is 3. The topological polar surface area (TPSA) is 119 Å². The summed E-state index contributed by atoms with van der Waals surface area (Å²) in [5, 5.41) is 6.48. The first-order valence-electron chi connectivity index (χ1n) is 12.0. The van der Waals surface area contributed by atoms with Crippen LogP contribution in [0.2, 0.25) is 0 Å². The summed E-state index contributed by atoms with van der Waals surface area (Å²) in [4.78, 5) is 31.4. The van der Waals surface area contributed by atoms with Gasteiger partial charge in [0.1, 0.15) is 5.82 Å². The number of aromatic nitrogens is 2. The van der Waals surface area contributed by atoms with Gasteiger partial charge in [0.15, 0.2) is 0 Å². The Morgan fingerprint density at radius 2 is 1.94 bits per heavy atom. The van der Waals surface area contributed by atoms with Gasteiger partial charge in [-0.2, -0.15) is 0 Å². The van der Waals surface area contributed by atoms with Gasteiger partial charge in [-0.3, -0.25) is 4.98 Å². The van der Waals surface area contributed by atoms with Crippen LogP contribution in [0, 0.1) is 5.82 Å². The van der Waals surface area contributed by atoms with E-state index in [9.17, 15) is 14.0 Å². The molecule has 2 aromatic heterocycles. The van der Waals surface area contributed by atoms with Gasteiger partial charge in [-0.15, -0.1) is 11.3 Å². The predicted molar refractivity (Wildman–Crippen MR) is 139 cm³/mol. The van der Waals surface area contributed by atoms with Crippen LogP contribution in [0.15, 0.2) is 48.8 Å². The van der Waals surface area contributed by atoms with Crippen LogP contribution in [0.4, 0.5) is 19.7 Å². The molecular formula is C26H32FN5O3S. The fourth-order valence-corrected chi connectivity index (χ4v) is 4.94. The molecule has 4 rings (SSSR count). The summed E-state index contributed by atoms with van der Waals surface area (Å²) >= 11 is 1.57. The van der Waals surface area contributed by atoms with E-state index in [1.807, 2.05) is 18.2 Å². The van der Waals surface area contributed by atoms with Crippen LogP contribution in [0.1, 0.15) is 62.6 Å². The molecule has 1 aliphatic rings. The second kappa shape index (κ2) is 13.5. The lowest BCUT2D eigenvalue weighted by Crippen LogP contribution is -2.28. The number of hydrogen-bond acceptors (Lipinski definition) is 6. The zero-order valence-corrected chi connectivity index (χ0v) is 21.3. The highest BCUT2D eigenvalue weighted by Crippen LogP contribution is 2.38. The number of nitrogens with two attached hydrogens (primary N) is 1. The van der Waals surface area contributed by atoms with Gasteiger partial charge in [-0.1, -0.05) is 25.3 Å². The molecule has 36 heavy (non-hydrogen) atoms. The molecule has 0 spiro atoms. The molecule has 3 amide bonds. The third kappa shape index (κ3) is 8.60. The first-order valence-corrected chi connectivity index (χ1v) is 12.8. The number of nitrogens with zero attached hydrogens (tertiary/aromatic N) is 2. The third-order valence-electron chi connectivity index (χ3n) is 5.48. The molecule has 1 aliphatic carbocycles. The van der Waals surface area contributed by atoms with Crippen molar-refractivity contribution in [3.05, 3.63) is 65.3 Å². The van der Waals surface area contributed by atoms with E-state index >= 15 is 0 Å². The number of carbonyl (C=O) groups excluding carboxylic acids is 2. The number of urea groups is 1. The van der Waals surface area contributed by atoms with Crippen LogP contribution in [-0.2, 0) is 11.3 Å². The number of benzene rings is 1. The molecular weight excluding hydrogens is 481 g/mol. The minimum Gasteiger partial charge on any atom is -0.447 e. The molecule has 1 saturated carbocycles. The van der Waals surface area contributed by atoms with E-state index in [0.29, 0.717) is 23.7 Å². The van der Waals surface area contributed by atoms with Crippen LogP contribution in [0.5, 0.6) is 0 Å². The summed E-state index contributed by atoms with van der Waals surface area (Å²) in [6.45, 7) is 3.79. The van der Waals surface area contributed by atoms with Crippen LogP contribution < -0.4 is 16.4 Å². The van der Waals surface area contributed by atoms with Gasteiger partial charge in [0.2, 0.25) is 0 Å². The molecule has 3 aromatic rings. The molecule has 0 atom stereocenters. The van der Waals surface area contributed by atoms with Crippen molar-refractivity contribution in [3.8, 4) is 10.4 Å². The molecule has 0 radical (unpaired) electrons. The maximum atomic E-state index is 14.7. The first-order chi connectivity index (χ1) is 17.3. The molecule has 2 heterocycles. The number of carbonyl (C=O) groups is 2. The van der Waals surface area contributed by atoms with Gasteiger partial charge in [0.05, 0.1) is 28.2 Å². The Labute approximate surface area is 214 Å². The maximum absolute atomic E-state index is 14.7. The van der Waals surface area contributed by atoms with Crippen molar-refractivity contribution in [1.82, 2.24) is 15.3 Å². The fraction of sp³-hybridized carbons (Fsp3) is 0.385. The van der Waals surface area contributed by atoms with Crippen LogP contribution in [0.25, 0.3) is 10.4 Å². The number of nitrogens with one attached hydrogen (secondary N) is 2. The van der Waals surface area contributed by atoms with Crippen LogP contribution in [0.3, 0.4) is 0 Å². The highest BCUT2D eigenvalue weighted by atomic mass is 32.1. The smallest absolute Gasteiger partial charge is 0.404 e. The Bertz CT molecular complexity index is 1130. The zero-order valence-electron chi connectivity index (χ0n) is 20.5. The standard InChI is InChI=1S/C22H23FN4OS.C4H9NO2/c23-19-12-16(27-22(28)26-13-17-8-4-5-11-24-17)9-10-18(19)20-14-25-21(29-20)15-6-2-1-3-7-15;1-3(2)7-4(5)6/h4-5,8-12,14-15H,1-3,6-7,13H2,(H2,26,27,28);3H,1-2H3,(H2,5,6). The molecule has 0 saturated heterocycles. The first kappa shape index (κ1) is 27.1. The number of hydrogen-bond donors (Lipinski definition) is 3. The Morgan fingerprint density at radius 3 is 2.56 bits per heavy atom. The lowest BCUT2D eigenvalue weighted by atomic mass is 9.90. The average Bonchev–Trinajstić information content (AvgIpc) is 3.34. The molecule has 0 bridgehead atoms. The van der Waals surface area contributed by atoms with E-state index in [0.717, 1.165) is 15.6 Å². The van der Waals surface area contributed by atoms with Crippen molar-refractivity contribution in [3.63, 3.8) is 0 Å². The molecule has 1 aromatic carbocycles. The van der Waals surface area contributed by atoms with Gasteiger partial charge in [0, 0.05) is 29.6 Å². The minimum atomic E-state index is -0.713. The Kier molecular flexibility index (Phi) is 10.2. The largest absolute Gasteiger partial charge is 0.447 e. The van der Waals surface area contributed by atoms with Crippen LogP contribution >= 0.6 is 11.3 Å². The number of anilines is 1. The van der Waals surface area contributed by atoms with Gasteiger partial charge >= 0.3 is 12.1 Å². The fourth-order valence-electron chi connectivity index (χ4n) is 3.82. The van der Waals surface area contributed by atoms with Crippen LogP contribution in [-0.4, -0.2) is 28.2 Å². The number of primary amides is 1. The number of halogens is 1. The van der Waals surface area contributed by atoms with Crippen molar-refractivity contribution in [2.45, 2.75) is 64.5 Å². The molecule has 10 heteroatoms. The Balaban J connectivity index is 0.000000454. The molecule has 192 valence electrons. The highest BCUT2D eigenvalue weighted by molar-refractivity contribution is 7.15. The van der Waals surface area contributed by atoms with Gasteiger partial charge in [-0.05, 0) is 57.0 Å². The van der Waals surface area contributed by atoms with Crippen molar-refractivity contribution in [2.24, 2.45) is 5.73 Å². The highest BCUT2D eigenvalue weighted by Gasteiger charge is 2.20. The number of thiazole rings is 1. The van der Waals surface area contributed by atoms with Crippen molar-refractivity contribution in [1.29, 1.82) is 0 Å². The van der Waals surface area contributed by atoms with Crippen molar-refractivity contribution < 1.29 is 18.7 Å². The molecule has 0 aliphatic heterocycles. The number of rotatable bonds is 6. The van der Waals surface area contributed by atoms with E-state index in [4.69, 9.17) is 0 Å². The Morgan fingerprint density at radius 1 is 1.17 bits per heavy atom. The van der Waals surface area contributed by atoms with Crippen molar-refractivity contribution in [2.75, 3.05) is 5.32 Å². The summed E-state index contributed by atoms with van der Waals surface area (Å²) in [5.41, 5.74) is 6.31. The van der Waals surface area contributed by atoms with E-state index in [-0.39, 0.29) is 11.9 Å². The molecule has 8 nitrogen and oxygen atoms in total. The van der Waals surface area contributed by atoms with E-state index in [2.05, 4.69) is 31.1 Å². The monoisotopic (exact) mass is 513 g/mol. The SMILES string of the molecule is CC(C)OC(N)=O.O=C(NCc1ccccn1)Nc1ccc(-c2cnc(C3CCCCC3)s2)c(F)c1. The lowest BCUT2D eigenvalue weighted by molar-refractivity contribution is 0.125. The van der Waals surface area contributed by atoms with Gasteiger partial charge in [-0.25, -0.2) is 19.0 Å². The second-order valence-electron chi connectivity index (χ2n) is 8.71. The van der Waals surface area contributed by atoms with Gasteiger partial charge in [0.25, 0.3) is 0 Å². The number of ether oxygens (including phenoxy) is 1. The summed E-state index contributed by atoms with van der Waals surface area (Å²) in [7, 11) is 0. The van der Waals surface area contributed by atoms with E-state index in [1.54, 1.807) is 49.7 Å². The third-order valence-corrected chi connectivity index (χ3v) is 6.67. The quantitative estimate of drug-likeness (QED) is 0.362. The minimum absolute atomic E-state index is 0.0995. The summed E-state index contributed by atoms with van der Waals surface area (Å²) < 4.78 is 19.1. The summed E-state index contributed by atoms with van der Waals surface area (Å²) in [6, 6.07) is 9.84. The number of pyridine rings is 1. The predicted octanol–water partition coefficient (Wildman–Crippen LogP) is 6.20. The summed E-state index contributed by atoms with van der Waals surface area (Å²) in [5.74, 6) is 0.140. The van der Waals surface area contributed by atoms with E-state index < -0.39 is 12.1 Å². The second-order valence-corrected chi connectivity index (χ2v) is 9.77. The summed E-state index contributed by atoms with van der Waals surface area (Å²) in [6.07, 6.45) is 8.76. The van der Waals surface area contributed by atoms with E-state index in [1.165, 1.54) is 38.2 Å². The Hall–Kier alpha value is -3.53. The normalized spacial score (nSPS) is 13.4.